The zero-order chi connectivity index (χ0) is 17.0. The third kappa shape index (κ3) is 3.48. The van der Waals surface area contributed by atoms with E-state index in [0.717, 1.165) is 0 Å². The van der Waals surface area contributed by atoms with Gasteiger partial charge in [-0.1, -0.05) is 30.3 Å². The van der Waals surface area contributed by atoms with Gasteiger partial charge in [0.25, 0.3) is 0 Å². The Morgan fingerprint density at radius 2 is 1.65 bits per heavy atom. The molecule has 1 unspecified atom stereocenters. The van der Waals surface area contributed by atoms with E-state index < -0.39 is 40.9 Å². The number of nitriles is 1. The molecule has 0 saturated carbocycles. The highest BCUT2D eigenvalue weighted by Gasteiger charge is 2.28. The van der Waals surface area contributed by atoms with Crippen LogP contribution in [0.15, 0.2) is 36.4 Å². The summed E-state index contributed by atoms with van der Waals surface area (Å²) in [7, 11) is 0. The predicted octanol–water partition coefficient (Wildman–Crippen LogP) is 3.85. The van der Waals surface area contributed by atoms with Crippen LogP contribution < -0.4 is 4.74 Å². The zero-order valence-electron chi connectivity index (χ0n) is 11.5. The van der Waals surface area contributed by atoms with Gasteiger partial charge in [0, 0.05) is 6.07 Å². The Morgan fingerprint density at radius 3 is 2.17 bits per heavy atom. The van der Waals surface area contributed by atoms with Gasteiger partial charge in [0.1, 0.15) is 0 Å². The summed E-state index contributed by atoms with van der Waals surface area (Å²) >= 11 is 0. The van der Waals surface area contributed by atoms with E-state index in [9.17, 15) is 22.4 Å². The average Bonchev–Trinajstić information content (AvgIpc) is 2.55. The third-order valence-corrected chi connectivity index (χ3v) is 3.06. The van der Waals surface area contributed by atoms with Crippen LogP contribution in [0, 0.1) is 34.6 Å². The van der Waals surface area contributed by atoms with Gasteiger partial charge in [-0.3, -0.25) is 4.79 Å². The summed E-state index contributed by atoms with van der Waals surface area (Å²) in [5.41, 5.74) is 0.372. The largest absolute Gasteiger partial charge is 0.419 e. The van der Waals surface area contributed by atoms with E-state index in [1.165, 1.54) is 12.1 Å². The Kier molecular flexibility index (Phi) is 4.96. The van der Waals surface area contributed by atoms with Crippen molar-refractivity contribution in [3.8, 4) is 11.8 Å². The van der Waals surface area contributed by atoms with E-state index in [1.54, 1.807) is 24.3 Å². The number of esters is 1. The topological polar surface area (TPSA) is 50.1 Å². The Bertz CT molecular complexity index is 746. The molecular weight excluding hydrogens is 314 g/mol. The first kappa shape index (κ1) is 16.5. The maximum absolute atomic E-state index is 13.5. The summed E-state index contributed by atoms with van der Waals surface area (Å²) in [6, 6.07) is 9.64. The predicted molar refractivity (Wildman–Crippen MR) is 71.3 cm³/mol. The quantitative estimate of drug-likeness (QED) is 0.372. The minimum atomic E-state index is -1.82. The van der Waals surface area contributed by atoms with Crippen molar-refractivity contribution in [3.63, 3.8) is 0 Å². The molecule has 0 aliphatic rings. The standard InChI is InChI=1S/C16H9F4NO2/c17-11-8-12(18)14(20)15(13(11)19)23-16(22)10(6-7-21)9-4-2-1-3-5-9/h1-5,8,10H,6H2. The number of carbonyl (C=O) groups is 1. The Morgan fingerprint density at radius 1 is 1.09 bits per heavy atom. The molecule has 7 heteroatoms. The Balaban J connectivity index is 2.36. The smallest absolute Gasteiger partial charge is 0.320 e. The molecular formula is C16H9F4NO2. The van der Waals surface area contributed by atoms with Crippen molar-refractivity contribution in [2.24, 2.45) is 0 Å². The second-order valence-corrected chi connectivity index (χ2v) is 4.54. The number of ether oxygens (including phenoxy) is 1. The molecule has 2 rings (SSSR count). The first-order valence-corrected chi connectivity index (χ1v) is 6.42. The van der Waals surface area contributed by atoms with Crippen LogP contribution in [0.1, 0.15) is 17.9 Å². The summed E-state index contributed by atoms with van der Waals surface area (Å²) in [6.45, 7) is 0. The van der Waals surface area contributed by atoms with Crippen LogP contribution in [0.2, 0.25) is 0 Å². The first-order chi connectivity index (χ1) is 11.0. The van der Waals surface area contributed by atoms with Gasteiger partial charge < -0.3 is 4.74 Å². The fourth-order valence-electron chi connectivity index (χ4n) is 1.93. The molecule has 0 N–H and O–H groups in total. The van der Waals surface area contributed by atoms with Crippen molar-refractivity contribution in [2.45, 2.75) is 12.3 Å². The number of benzene rings is 2. The normalized spacial score (nSPS) is 11.6. The van der Waals surface area contributed by atoms with Crippen molar-refractivity contribution < 1.29 is 27.1 Å². The highest BCUT2D eigenvalue weighted by molar-refractivity contribution is 5.80. The molecule has 1 atom stereocenters. The summed E-state index contributed by atoms with van der Waals surface area (Å²) in [4.78, 5) is 12.1. The van der Waals surface area contributed by atoms with Crippen molar-refractivity contribution in [3.05, 3.63) is 65.2 Å². The molecule has 0 radical (unpaired) electrons. The molecule has 0 fully saturated rings. The number of hydrogen-bond acceptors (Lipinski definition) is 3. The molecule has 0 aromatic heterocycles. The van der Waals surface area contributed by atoms with E-state index in [4.69, 9.17) is 5.26 Å². The average molecular weight is 323 g/mol. The second-order valence-electron chi connectivity index (χ2n) is 4.54. The van der Waals surface area contributed by atoms with Crippen LogP contribution in [0.25, 0.3) is 0 Å². The number of hydrogen-bond donors (Lipinski definition) is 0. The van der Waals surface area contributed by atoms with Crippen LogP contribution in [0.5, 0.6) is 5.75 Å². The van der Waals surface area contributed by atoms with Gasteiger partial charge in [-0.25, -0.2) is 8.78 Å². The lowest BCUT2D eigenvalue weighted by atomic mass is 9.96. The highest BCUT2D eigenvalue weighted by atomic mass is 19.2. The van der Waals surface area contributed by atoms with Crippen molar-refractivity contribution in [1.82, 2.24) is 0 Å². The maximum atomic E-state index is 13.5. The van der Waals surface area contributed by atoms with Gasteiger partial charge >= 0.3 is 5.97 Å². The van der Waals surface area contributed by atoms with Gasteiger partial charge in [0.05, 0.1) is 18.4 Å². The molecule has 0 bridgehead atoms. The molecule has 0 aliphatic heterocycles. The molecule has 0 saturated heterocycles. The summed E-state index contributed by atoms with van der Waals surface area (Å²) < 4.78 is 57.8. The van der Waals surface area contributed by atoms with E-state index in [2.05, 4.69) is 4.74 Å². The van der Waals surface area contributed by atoms with Crippen LogP contribution >= 0.6 is 0 Å². The Hall–Kier alpha value is -2.88. The Labute approximate surface area is 128 Å². The van der Waals surface area contributed by atoms with Gasteiger partial charge in [0.15, 0.2) is 11.6 Å². The molecule has 2 aromatic rings. The minimum absolute atomic E-state index is 0.00591. The SMILES string of the molecule is N#CCC(C(=O)Oc1c(F)c(F)cc(F)c1F)c1ccccc1. The highest BCUT2D eigenvalue weighted by Crippen LogP contribution is 2.29. The number of rotatable bonds is 4. The molecule has 0 heterocycles. The fraction of sp³-hybridized carbons (Fsp3) is 0.125. The molecule has 23 heavy (non-hydrogen) atoms. The molecule has 2 aromatic carbocycles. The van der Waals surface area contributed by atoms with Crippen LogP contribution in [-0.4, -0.2) is 5.97 Å². The number of halogens is 4. The fourth-order valence-corrected chi connectivity index (χ4v) is 1.93. The third-order valence-electron chi connectivity index (χ3n) is 3.06. The molecule has 0 amide bonds. The van der Waals surface area contributed by atoms with Crippen LogP contribution in [-0.2, 0) is 4.79 Å². The minimum Gasteiger partial charge on any atom is -0.419 e. The van der Waals surface area contributed by atoms with Crippen molar-refractivity contribution in [2.75, 3.05) is 0 Å². The lowest BCUT2D eigenvalue weighted by Crippen LogP contribution is -2.20. The number of nitrogens with zero attached hydrogens (tertiary/aromatic N) is 1. The lowest BCUT2D eigenvalue weighted by Gasteiger charge is -2.14. The van der Waals surface area contributed by atoms with Crippen LogP contribution in [0.3, 0.4) is 0 Å². The van der Waals surface area contributed by atoms with Gasteiger partial charge in [-0.05, 0) is 5.56 Å². The van der Waals surface area contributed by atoms with E-state index in [-0.39, 0.29) is 12.5 Å². The molecule has 118 valence electrons. The summed E-state index contributed by atoms with van der Waals surface area (Å²) in [5, 5.41) is 8.78. The van der Waals surface area contributed by atoms with E-state index in [1.807, 2.05) is 0 Å². The number of carbonyl (C=O) groups excluding carboxylic acids is 1. The molecule has 0 aliphatic carbocycles. The van der Waals surface area contributed by atoms with E-state index >= 15 is 0 Å². The zero-order valence-corrected chi connectivity index (χ0v) is 11.5. The van der Waals surface area contributed by atoms with Crippen molar-refractivity contribution in [1.29, 1.82) is 5.26 Å². The van der Waals surface area contributed by atoms with Gasteiger partial charge in [-0.2, -0.15) is 14.0 Å². The second kappa shape index (κ2) is 6.92. The lowest BCUT2D eigenvalue weighted by molar-refractivity contribution is -0.136. The van der Waals surface area contributed by atoms with Crippen LogP contribution in [0.4, 0.5) is 17.6 Å². The van der Waals surface area contributed by atoms with E-state index in [0.29, 0.717) is 5.56 Å². The molecule has 0 spiro atoms. The summed E-state index contributed by atoms with van der Waals surface area (Å²) in [5.74, 6) is -10.8. The van der Waals surface area contributed by atoms with Gasteiger partial charge in [0.2, 0.25) is 17.4 Å². The monoisotopic (exact) mass is 323 g/mol. The molecule has 3 nitrogen and oxygen atoms in total. The summed E-state index contributed by atoms with van der Waals surface area (Å²) in [6.07, 6.45) is -0.329. The van der Waals surface area contributed by atoms with Crippen molar-refractivity contribution >= 4 is 5.97 Å². The maximum Gasteiger partial charge on any atom is 0.320 e. The first-order valence-electron chi connectivity index (χ1n) is 6.42. The van der Waals surface area contributed by atoms with Gasteiger partial charge in [-0.15, -0.1) is 0 Å².